The van der Waals surface area contributed by atoms with Crippen molar-refractivity contribution in [2.24, 2.45) is 10.4 Å². The molecule has 1 aromatic heterocycles. The first kappa shape index (κ1) is 14.4. The first-order valence-electron chi connectivity index (χ1n) is 6.86. The van der Waals surface area contributed by atoms with Crippen LogP contribution in [0.25, 0.3) is 0 Å². The highest BCUT2D eigenvalue weighted by Gasteiger charge is 2.35. The molecule has 0 aromatic carbocycles. The van der Waals surface area contributed by atoms with Crippen LogP contribution in [0, 0.1) is 5.41 Å². The highest BCUT2D eigenvalue weighted by Crippen LogP contribution is 2.36. The molecule has 0 radical (unpaired) electrons. The minimum absolute atomic E-state index is 0.0200. The van der Waals surface area contributed by atoms with Gasteiger partial charge >= 0.3 is 0 Å². The molecule has 0 unspecified atom stereocenters. The standard InChI is InChI=1S/C16H20N2O2/c1-4-13(19)15-12(9-16(2,3)10-14(15)20)18-11-5-7-17-8-6-11/h5-8,19H,4,9-10H2,1-3H3/b15-13-,18-12?. The molecule has 106 valence electrons. The zero-order valence-electron chi connectivity index (χ0n) is 12.2. The quantitative estimate of drug-likeness (QED) is 0.658. The van der Waals surface area contributed by atoms with Gasteiger partial charge in [-0.3, -0.25) is 14.8 Å². The SMILES string of the molecule is CC/C(O)=C1/C(=O)CC(C)(C)CC1=Nc1ccncc1. The maximum absolute atomic E-state index is 12.3. The van der Waals surface area contributed by atoms with Crippen LogP contribution in [0.1, 0.15) is 40.0 Å². The molecular formula is C16H20N2O2. The molecule has 0 bridgehead atoms. The fraction of sp³-hybridized carbons (Fsp3) is 0.438. The maximum Gasteiger partial charge on any atom is 0.168 e. The van der Waals surface area contributed by atoms with Crippen molar-refractivity contribution in [2.45, 2.75) is 40.0 Å². The Morgan fingerprint density at radius 1 is 1.35 bits per heavy atom. The van der Waals surface area contributed by atoms with Gasteiger partial charge in [-0.25, -0.2) is 0 Å². The third kappa shape index (κ3) is 3.13. The monoisotopic (exact) mass is 272 g/mol. The summed E-state index contributed by atoms with van der Waals surface area (Å²) in [7, 11) is 0. The van der Waals surface area contributed by atoms with Crippen molar-refractivity contribution < 1.29 is 9.90 Å². The van der Waals surface area contributed by atoms with E-state index in [2.05, 4.69) is 9.98 Å². The van der Waals surface area contributed by atoms with Crippen molar-refractivity contribution in [3.8, 4) is 0 Å². The van der Waals surface area contributed by atoms with Gasteiger partial charge in [-0.1, -0.05) is 20.8 Å². The number of Topliss-reactive ketones (excluding diaryl/α,β-unsaturated/α-hetero) is 1. The lowest BCUT2D eigenvalue weighted by atomic mass is 9.73. The maximum atomic E-state index is 12.3. The molecule has 1 heterocycles. The van der Waals surface area contributed by atoms with Crippen LogP contribution in [-0.4, -0.2) is 21.6 Å². The number of carbonyl (C=O) groups is 1. The Balaban J connectivity index is 2.50. The minimum Gasteiger partial charge on any atom is -0.512 e. The van der Waals surface area contributed by atoms with E-state index >= 15 is 0 Å². The summed E-state index contributed by atoms with van der Waals surface area (Å²) < 4.78 is 0. The molecule has 1 aliphatic rings. The largest absolute Gasteiger partial charge is 0.512 e. The van der Waals surface area contributed by atoms with E-state index in [0.29, 0.717) is 30.5 Å². The molecule has 4 nitrogen and oxygen atoms in total. The van der Waals surface area contributed by atoms with E-state index in [4.69, 9.17) is 0 Å². The minimum atomic E-state index is -0.125. The van der Waals surface area contributed by atoms with Gasteiger partial charge in [-0.05, 0) is 24.0 Å². The lowest BCUT2D eigenvalue weighted by Gasteiger charge is -2.31. The van der Waals surface area contributed by atoms with Gasteiger partial charge in [0, 0.05) is 25.2 Å². The molecule has 1 N–H and O–H groups in total. The number of aliphatic hydroxyl groups is 1. The summed E-state index contributed by atoms with van der Waals surface area (Å²) in [4.78, 5) is 20.8. The summed E-state index contributed by atoms with van der Waals surface area (Å²) in [5.74, 6) is 0.117. The molecule has 0 amide bonds. The number of carbonyl (C=O) groups excluding carboxylic acids is 1. The fourth-order valence-corrected chi connectivity index (χ4v) is 2.46. The molecule has 0 saturated heterocycles. The van der Waals surface area contributed by atoms with Crippen LogP contribution in [0.4, 0.5) is 5.69 Å². The molecule has 20 heavy (non-hydrogen) atoms. The van der Waals surface area contributed by atoms with E-state index in [1.165, 1.54) is 0 Å². The molecule has 2 rings (SSSR count). The first-order valence-corrected chi connectivity index (χ1v) is 6.86. The predicted molar refractivity (Wildman–Crippen MR) is 79.3 cm³/mol. The number of hydrogen-bond acceptors (Lipinski definition) is 4. The number of aliphatic imine (C=N–C) groups is 1. The van der Waals surface area contributed by atoms with Gasteiger partial charge in [0.2, 0.25) is 0 Å². The highest BCUT2D eigenvalue weighted by atomic mass is 16.3. The average Bonchev–Trinajstić information content (AvgIpc) is 2.37. The zero-order valence-corrected chi connectivity index (χ0v) is 12.2. The Bertz CT molecular complexity index is 571. The lowest BCUT2D eigenvalue weighted by molar-refractivity contribution is -0.117. The molecule has 1 aromatic rings. The van der Waals surface area contributed by atoms with Gasteiger partial charge in [0.05, 0.1) is 17.0 Å². The smallest absolute Gasteiger partial charge is 0.168 e. The summed E-state index contributed by atoms with van der Waals surface area (Å²) in [6.45, 7) is 5.93. The number of ketones is 1. The predicted octanol–water partition coefficient (Wildman–Crippen LogP) is 3.77. The van der Waals surface area contributed by atoms with Gasteiger partial charge in [0.1, 0.15) is 5.76 Å². The van der Waals surface area contributed by atoms with Crippen LogP contribution in [0.2, 0.25) is 0 Å². The molecule has 0 aliphatic heterocycles. The van der Waals surface area contributed by atoms with E-state index in [1.54, 1.807) is 24.5 Å². The normalized spacial score (nSPS) is 22.9. The zero-order chi connectivity index (χ0) is 14.8. The number of nitrogens with zero attached hydrogens (tertiary/aromatic N) is 2. The number of hydrogen-bond donors (Lipinski definition) is 1. The fourth-order valence-electron chi connectivity index (χ4n) is 2.46. The van der Waals surface area contributed by atoms with E-state index in [0.717, 1.165) is 5.69 Å². The van der Waals surface area contributed by atoms with Crippen LogP contribution < -0.4 is 0 Å². The molecule has 1 fully saturated rings. The van der Waals surface area contributed by atoms with Crippen molar-refractivity contribution in [3.05, 3.63) is 35.9 Å². The van der Waals surface area contributed by atoms with Gasteiger partial charge in [-0.2, -0.15) is 0 Å². The van der Waals surface area contributed by atoms with Crippen molar-refractivity contribution in [3.63, 3.8) is 0 Å². The van der Waals surface area contributed by atoms with Crippen molar-refractivity contribution >= 4 is 17.2 Å². The van der Waals surface area contributed by atoms with Crippen LogP contribution >= 0.6 is 0 Å². The summed E-state index contributed by atoms with van der Waals surface area (Å²) in [6, 6.07) is 3.58. The van der Waals surface area contributed by atoms with Gasteiger partial charge in [0.25, 0.3) is 0 Å². The Kier molecular flexibility index (Phi) is 4.02. The summed E-state index contributed by atoms with van der Waals surface area (Å²) in [5.41, 5.74) is 1.71. The Labute approximate surface area is 119 Å². The van der Waals surface area contributed by atoms with Crippen LogP contribution in [0.15, 0.2) is 40.9 Å². The van der Waals surface area contributed by atoms with Gasteiger partial charge in [-0.15, -0.1) is 0 Å². The second-order valence-electron chi connectivity index (χ2n) is 5.88. The van der Waals surface area contributed by atoms with Gasteiger partial charge in [0.15, 0.2) is 5.78 Å². The van der Waals surface area contributed by atoms with Crippen molar-refractivity contribution in [1.29, 1.82) is 0 Å². The Hall–Kier alpha value is -1.97. The Morgan fingerprint density at radius 3 is 2.60 bits per heavy atom. The van der Waals surface area contributed by atoms with E-state index in [9.17, 15) is 9.90 Å². The summed E-state index contributed by atoms with van der Waals surface area (Å²) >= 11 is 0. The van der Waals surface area contributed by atoms with Gasteiger partial charge < -0.3 is 5.11 Å². The second-order valence-corrected chi connectivity index (χ2v) is 5.88. The molecule has 0 atom stereocenters. The number of aliphatic hydroxyl groups excluding tert-OH is 1. The topological polar surface area (TPSA) is 62.5 Å². The van der Waals surface area contributed by atoms with E-state index < -0.39 is 0 Å². The van der Waals surface area contributed by atoms with Crippen molar-refractivity contribution in [1.82, 2.24) is 4.98 Å². The molecular weight excluding hydrogens is 252 g/mol. The molecule has 1 aliphatic carbocycles. The summed E-state index contributed by atoms with van der Waals surface area (Å²) in [6.07, 6.45) is 4.90. The van der Waals surface area contributed by atoms with E-state index in [1.807, 2.05) is 20.8 Å². The number of rotatable bonds is 2. The lowest BCUT2D eigenvalue weighted by Crippen LogP contribution is -2.32. The van der Waals surface area contributed by atoms with Crippen LogP contribution in [0.5, 0.6) is 0 Å². The molecule has 0 spiro atoms. The number of aromatic nitrogens is 1. The second kappa shape index (κ2) is 5.57. The van der Waals surface area contributed by atoms with Crippen LogP contribution in [0.3, 0.4) is 0 Å². The van der Waals surface area contributed by atoms with Crippen molar-refractivity contribution in [2.75, 3.05) is 0 Å². The summed E-state index contributed by atoms with van der Waals surface area (Å²) in [5, 5.41) is 10.0. The van der Waals surface area contributed by atoms with E-state index in [-0.39, 0.29) is 17.0 Å². The third-order valence-corrected chi connectivity index (χ3v) is 3.40. The molecule has 4 heteroatoms. The first-order chi connectivity index (χ1) is 9.43. The Morgan fingerprint density at radius 2 is 2.00 bits per heavy atom. The van der Waals surface area contributed by atoms with Crippen LogP contribution in [-0.2, 0) is 4.79 Å². The third-order valence-electron chi connectivity index (χ3n) is 3.40. The highest BCUT2D eigenvalue weighted by molar-refractivity contribution is 6.25. The number of allylic oxidation sites excluding steroid dienone is 2. The molecule has 1 saturated carbocycles. The number of pyridine rings is 1. The average molecular weight is 272 g/mol.